The maximum atomic E-state index is 12.9. The van der Waals surface area contributed by atoms with Crippen LogP contribution in [0.3, 0.4) is 0 Å². The molecule has 0 saturated heterocycles. The molecule has 1 atom stereocenters. The first-order chi connectivity index (χ1) is 6.38. The number of hydrogen-bond donors (Lipinski definition) is 2. The predicted octanol–water partition coefficient (Wildman–Crippen LogP) is 2.35. The van der Waals surface area contributed by atoms with Crippen molar-refractivity contribution in [1.29, 1.82) is 0 Å². The van der Waals surface area contributed by atoms with Gasteiger partial charge in [-0.25, -0.2) is 8.78 Å². The first kappa shape index (κ1) is 9.86. The normalized spacial score (nSPS) is 28.9. The molecule has 0 radical (unpaired) electrons. The highest BCUT2D eigenvalue weighted by atomic mass is 79.9. The van der Waals surface area contributed by atoms with E-state index < -0.39 is 17.9 Å². The standard InChI is InChI=1S/C9H8BrF2NO/c10-6-3-1-2-5(7(6)14)8(13)4-9(8,11)12/h1-3,14H,4,13H2. The molecule has 5 heteroatoms. The lowest BCUT2D eigenvalue weighted by Gasteiger charge is -2.13. The second kappa shape index (κ2) is 2.67. The molecule has 0 aliphatic heterocycles. The van der Waals surface area contributed by atoms with Crippen molar-refractivity contribution in [3.8, 4) is 5.75 Å². The molecular formula is C9H8BrF2NO. The van der Waals surface area contributed by atoms with Crippen LogP contribution >= 0.6 is 15.9 Å². The van der Waals surface area contributed by atoms with E-state index in [9.17, 15) is 13.9 Å². The summed E-state index contributed by atoms with van der Waals surface area (Å²) in [4.78, 5) is 0. The van der Waals surface area contributed by atoms with Crippen molar-refractivity contribution < 1.29 is 13.9 Å². The minimum absolute atomic E-state index is 0.0943. The minimum atomic E-state index is -2.91. The Morgan fingerprint density at radius 1 is 1.43 bits per heavy atom. The van der Waals surface area contributed by atoms with Crippen LogP contribution < -0.4 is 5.73 Å². The second-order valence-electron chi connectivity index (χ2n) is 3.49. The first-order valence-electron chi connectivity index (χ1n) is 4.03. The molecule has 0 aromatic heterocycles. The molecule has 0 spiro atoms. The highest BCUT2D eigenvalue weighted by Gasteiger charge is 2.70. The number of nitrogens with two attached hydrogens (primary N) is 1. The predicted molar refractivity (Wildman–Crippen MR) is 51.2 cm³/mol. The Balaban J connectivity index is 2.49. The van der Waals surface area contributed by atoms with E-state index in [4.69, 9.17) is 5.73 Å². The van der Waals surface area contributed by atoms with Crippen molar-refractivity contribution in [2.24, 2.45) is 5.73 Å². The molecule has 1 aliphatic rings. The Hall–Kier alpha value is -0.680. The average molecular weight is 264 g/mol. The molecular weight excluding hydrogens is 256 g/mol. The van der Waals surface area contributed by atoms with E-state index in [1.54, 1.807) is 12.1 Å². The summed E-state index contributed by atoms with van der Waals surface area (Å²) >= 11 is 3.05. The van der Waals surface area contributed by atoms with Crippen LogP contribution in [0.5, 0.6) is 5.75 Å². The van der Waals surface area contributed by atoms with Crippen molar-refractivity contribution in [2.75, 3.05) is 0 Å². The molecule has 2 rings (SSSR count). The molecule has 3 N–H and O–H groups in total. The van der Waals surface area contributed by atoms with Gasteiger partial charge in [0.25, 0.3) is 5.92 Å². The summed E-state index contributed by atoms with van der Waals surface area (Å²) in [5.41, 5.74) is 3.89. The number of hydrogen-bond acceptors (Lipinski definition) is 2. The lowest BCUT2D eigenvalue weighted by molar-refractivity contribution is 0.0884. The van der Waals surface area contributed by atoms with Gasteiger partial charge < -0.3 is 10.8 Å². The Labute approximate surface area is 87.9 Å². The first-order valence-corrected chi connectivity index (χ1v) is 4.82. The number of halogens is 3. The summed E-state index contributed by atoms with van der Waals surface area (Å²) in [7, 11) is 0. The van der Waals surface area contributed by atoms with Gasteiger partial charge in [0.15, 0.2) is 0 Å². The monoisotopic (exact) mass is 263 g/mol. The Morgan fingerprint density at radius 3 is 2.50 bits per heavy atom. The highest BCUT2D eigenvalue weighted by Crippen LogP contribution is 2.59. The fraction of sp³-hybridized carbons (Fsp3) is 0.333. The zero-order valence-electron chi connectivity index (χ0n) is 7.10. The van der Waals surface area contributed by atoms with Crippen molar-refractivity contribution in [1.82, 2.24) is 0 Å². The number of phenols is 1. The summed E-state index contributed by atoms with van der Waals surface area (Å²) in [6.07, 6.45) is -0.413. The van der Waals surface area contributed by atoms with Crippen molar-refractivity contribution in [3.05, 3.63) is 28.2 Å². The van der Waals surface area contributed by atoms with Gasteiger partial charge in [-0.2, -0.15) is 0 Å². The molecule has 1 fully saturated rings. The summed E-state index contributed by atoms with van der Waals surface area (Å²) in [6.45, 7) is 0. The quantitative estimate of drug-likeness (QED) is 0.817. The average Bonchev–Trinajstić information content (AvgIpc) is 2.58. The van der Waals surface area contributed by atoms with Gasteiger partial charge in [0.05, 0.1) is 4.47 Å². The van der Waals surface area contributed by atoms with E-state index in [0.29, 0.717) is 4.47 Å². The molecule has 1 unspecified atom stereocenters. The smallest absolute Gasteiger partial charge is 0.272 e. The molecule has 0 bridgehead atoms. The number of alkyl halides is 2. The van der Waals surface area contributed by atoms with Crippen molar-refractivity contribution in [2.45, 2.75) is 17.9 Å². The number of aromatic hydroxyl groups is 1. The van der Waals surface area contributed by atoms with Crippen LogP contribution in [-0.2, 0) is 5.54 Å². The Bertz CT molecular complexity index is 396. The van der Waals surface area contributed by atoms with Crippen LogP contribution in [0, 0.1) is 0 Å². The fourth-order valence-electron chi connectivity index (χ4n) is 1.47. The third-order valence-electron chi connectivity index (χ3n) is 2.50. The molecule has 0 amide bonds. The van der Waals surface area contributed by atoms with E-state index in [0.717, 1.165) is 0 Å². The maximum absolute atomic E-state index is 12.9. The third-order valence-corrected chi connectivity index (χ3v) is 3.14. The van der Waals surface area contributed by atoms with Gasteiger partial charge >= 0.3 is 0 Å². The molecule has 1 aromatic rings. The van der Waals surface area contributed by atoms with E-state index in [2.05, 4.69) is 15.9 Å². The van der Waals surface area contributed by atoms with Gasteiger partial charge in [-0.3, -0.25) is 0 Å². The van der Waals surface area contributed by atoms with Crippen LogP contribution in [0.4, 0.5) is 8.78 Å². The zero-order valence-corrected chi connectivity index (χ0v) is 8.68. The third kappa shape index (κ3) is 1.15. The molecule has 76 valence electrons. The van der Waals surface area contributed by atoms with E-state index >= 15 is 0 Å². The van der Waals surface area contributed by atoms with E-state index in [-0.39, 0.29) is 11.3 Å². The number of rotatable bonds is 1. The zero-order chi connectivity index (χ0) is 10.6. The van der Waals surface area contributed by atoms with Gasteiger partial charge in [-0.15, -0.1) is 0 Å². The SMILES string of the molecule is NC1(c2cccc(Br)c2O)CC1(F)F. The molecule has 14 heavy (non-hydrogen) atoms. The van der Waals surface area contributed by atoms with Crippen LogP contribution in [0.25, 0.3) is 0 Å². The maximum Gasteiger partial charge on any atom is 0.272 e. The fourth-order valence-corrected chi connectivity index (χ4v) is 1.84. The van der Waals surface area contributed by atoms with E-state index in [1.165, 1.54) is 6.07 Å². The van der Waals surface area contributed by atoms with Gasteiger partial charge in [0, 0.05) is 12.0 Å². The summed E-state index contributed by atoms with van der Waals surface area (Å²) in [6, 6.07) is 4.56. The van der Waals surface area contributed by atoms with E-state index in [1.807, 2.05) is 0 Å². The summed E-state index contributed by atoms with van der Waals surface area (Å²) < 4.78 is 26.2. The van der Waals surface area contributed by atoms with Crippen molar-refractivity contribution in [3.63, 3.8) is 0 Å². The Morgan fingerprint density at radius 2 is 2.00 bits per heavy atom. The highest BCUT2D eigenvalue weighted by molar-refractivity contribution is 9.10. The van der Waals surface area contributed by atoms with Crippen LogP contribution in [0.15, 0.2) is 22.7 Å². The second-order valence-corrected chi connectivity index (χ2v) is 4.34. The molecule has 0 heterocycles. The lowest BCUT2D eigenvalue weighted by Crippen LogP contribution is -2.27. The molecule has 2 nitrogen and oxygen atoms in total. The van der Waals surface area contributed by atoms with Crippen LogP contribution in [-0.4, -0.2) is 11.0 Å². The topological polar surface area (TPSA) is 46.2 Å². The number of para-hydroxylation sites is 1. The molecule has 1 saturated carbocycles. The van der Waals surface area contributed by atoms with Crippen LogP contribution in [0.2, 0.25) is 0 Å². The van der Waals surface area contributed by atoms with Gasteiger partial charge in [0.2, 0.25) is 0 Å². The van der Waals surface area contributed by atoms with Crippen LogP contribution in [0.1, 0.15) is 12.0 Å². The van der Waals surface area contributed by atoms with Gasteiger partial charge in [0.1, 0.15) is 11.3 Å². The number of phenolic OH excluding ortho intramolecular Hbond substituents is 1. The Kier molecular flexibility index (Phi) is 1.88. The summed E-state index contributed by atoms with van der Waals surface area (Å²) in [5.74, 6) is -3.11. The lowest BCUT2D eigenvalue weighted by atomic mass is 10.0. The van der Waals surface area contributed by atoms with Gasteiger partial charge in [-0.05, 0) is 22.0 Å². The van der Waals surface area contributed by atoms with Gasteiger partial charge in [-0.1, -0.05) is 12.1 Å². The largest absolute Gasteiger partial charge is 0.506 e. The van der Waals surface area contributed by atoms with Crippen molar-refractivity contribution >= 4 is 15.9 Å². The minimum Gasteiger partial charge on any atom is -0.506 e. The summed E-state index contributed by atoms with van der Waals surface area (Å²) in [5, 5.41) is 9.55. The number of benzene rings is 1. The molecule has 1 aliphatic carbocycles. The molecule has 1 aromatic carbocycles.